The van der Waals surface area contributed by atoms with Gasteiger partial charge in [-0.2, -0.15) is 9.97 Å². The predicted octanol–water partition coefficient (Wildman–Crippen LogP) is 2.12. The fourth-order valence-electron chi connectivity index (χ4n) is 2.58. The van der Waals surface area contributed by atoms with Crippen molar-refractivity contribution in [3.05, 3.63) is 6.07 Å². The second-order valence-corrected chi connectivity index (χ2v) is 5.24. The average molecular weight is 249 g/mol. The molecule has 0 saturated heterocycles. The number of aromatic nitrogens is 2. The van der Waals surface area contributed by atoms with E-state index in [-0.39, 0.29) is 0 Å². The molecule has 0 spiro atoms. The van der Waals surface area contributed by atoms with Crippen LogP contribution in [0.5, 0.6) is 0 Å². The van der Waals surface area contributed by atoms with E-state index in [2.05, 4.69) is 34.2 Å². The van der Waals surface area contributed by atoms with Crippen LogP contribution in [0.15, 0.2) is 6.07 Å². The molecule has 1 aliphatic carbocycles. The Morgan fingerprint density at radius 3 is 2.56 bits per heavy atom. The number of rotatable bonds is 3. The number of nitrogens with one attached hydrogen (secondary N) is 1. The number of nitrogen functional groups attached to an aromatic ring is 1. The van der Waals surface area contributed by atoms with Crippen LogP contribution < -0.4 is 16.0 Å². The molecule has 5 nitrogen and oxygen atoms in total. The molecule has 0 unspecified atom stereocenters. The first-order valence-corrected chi connectivity index (χ1v) is 6.65. The van der Waals surface area contributed by atoms with Crippen molar-refractivity contribution in [3.63, 3.8) is 0 Å². The van der Waals surface area contributed by atoms with Crippen LogP contribution in [0.4, 0.5) is 17.6 Å². The summed E-state index contributed by atoms with van der Waals surface area (Å²) in [4.78, 5) is 10.7. The zero-order valence-corrected chi connectivity index (χ0v) is 11.5. The fourth-order valence-corrected chi connectivity index (χ4v) is 2.58. The maximum atomic E-state index is 5.74. The monoisotopic (exact) mass is 249 g/mol. The summed E-state index contributed by atoms with van der Waals surface area (Å²) in [6.45, 7) is 2.33. The van der Waals surface area contributed by atoms with Gasteiger partial charge in [0.05, 0.1) is 0 Å². The Bertz CT molecular complexity index is 398. The van der Waals surface area contributed by atoms with Gasteiger partial charge in [-0.1, -0.05) is 6.92 Å². The van der Waals surface area contributed by atoms with E-state index >= 15 is 0 Å². The van der Waals surface area contributed by atoms with E-state index in [0.29, 0.717) is 12.0 Å². The van der Waals surface area contributed by atoms with Crippen molar-refractivity contribution < 1.29 is 0 Å². The topological polar surface area (TPSA) is 67.1 Å². The highest BCUT2D eigenvalue weighted by atomic mass is 15.2. The van der Waals surface area contributed by atoms with E-state index in [1.807, 2.05) is 13.1 Å². The maximum absolute atomic E-state index is 5.74. The van der Waals surface area contributed by atoms with Crippen molar-refractivity contribution in [2.45, 2.75) is 38.6 Å². The van der Waals surface area contributed by atoms with Crippen LogP contribution in [0.2, 0.25) is 0 Å². The van der Waals surface area contributed by atoms with Gasteiger partial charge in [0.2, 0.25) is 5.95 Å². The summed E-state index contributed by atoms with van der Waals surface area (Å²) in [5, 5.41) is 3.02. The highest BCUT2D eigenvalue weighted by molar-refractivity contribution is 5.52. The van der Waals surface area contributed by atoms with Crippen LogP contribution >= 0.6 is 0 Å². The number of nitrogens with zero attached hydrogens (tertiary/aromatic N) is 3. The summed E-state index contributed by atoms with van der Waals surface area (Å²) in [6.07, 6.45) is 5.07. The van der Waals surface area contributed by atoms with Gasteiger partial charge in [-0.3, -0.25) is 0 Å². The molecule has 0 amide bonds. The molecule has 1 saturated carbocycles. The first-order valence-electron chi connectivity index (χ1n) is 6.65. The Morgan fingerprint density at radius 1 is 1.28 bits per heavy atom. The van der Waals surface area contributed by atoms with E-state index in [9.17, 15) is 0 Å². The molecule has 0 aromatic carbocycles. The number of anilines is 3. The molecular weight excluding hydrogens is 226 g/mol. The Morgan fingerprint density at radius 2 is 1.94 bits per heavy atom. The van der Waals surface area contributed by atoms with Gasteiger partial charge < -0.3 is 16.0 Å². The van der Waals surface area contributed by atoms with E-state index in [4.69, 9.17) is 5.73 Å². The summed E-state index contributed by atoms with van der Waals surface area (Å²) in [5.41, 5.74) is 5.74. The third kappa shape index (κ3) is 2.83. The number of nitrogens with two attached hydrogens (primary N) is 1. The van der Waals surface area contributed by atoms with Crippen LogP contribution in [0.3, 0.4) is 0 Å². The van der Waals surface area contributed by atoms with Crippen LogP contribution in [-0.2, 0) is 0 Å². The maximum Gasteiger partial charge on any atom is 0.223 e. The van der Waals surface area contributed by atoms with E-state index in [1.165, 1.54) is 25.7 Å². The van der Waals surface area contributed by atoms with E-state index in [1.54, 1.807) is 0 Å². The van der Waals surface area contributed by atoms with Gasteiger partial charge in [0.1, 0.15) is 11.6 Å². The first kappa shape index (κ1) is 12.9. The highest BCUT2D eigenvalue weighted by Gasteiger charge is 2.23. The number of hydrogen-bond acceptors (Lipinski definition) is 5. The summed E-state index contributed by atoms with van der Waals surface area (Å²) in [5.74, 6) is 2.87. The normalized spacial score (nSPS) is 23.7. The standard InChI is InChI=1S/C13H23N5/c1-9-4-6-10(7-5-9)18(3)12-8-11(15-2)16-13(14)17-12/h8-10H,4-7H2,1-3H3,(H3,14,15,16,17). The smallest absolute Gasteiger partial charge is 0.223 e. The molecule has 18 heavy (non-hydrogen) atoms. The van der Waals surface area contributed by atoms with Gasteiger partial charge in [0.25, 0.3) is 0 Å². The molecule has 1 fully saturated rings. The summed E-state index contributed by atoms with van der Waals surface area (Å²) in [6, 6.07) is 2.52. The molecule has 1 aliphatic rings. The van der Waals surface area contributed by atoms with Crippen LogP contribution in [-0.4, -0.2) is 30.1 Å². The Balaban J connectivity index is 2.12. The Labute approximate surface area is 109 Å². The minimum absolute atomic E-state index is 0.327. The lowest BCUT2D eigenvalue weighted by Crippen LogP contribution is -2.35. The van der Waals surface area contributed by atoms with Crippen molar-refractivity contribution in [2.75, 3.05) is 30.0 Å². The van der Waals surface area contributed by atoms with Crippen LogP contribution in [0.25, 0.3) is 0 Å². The highest BCUT2D eigenvalue weighted by Crippen LogP contribution is 2.29. The van der Waals surface area contributed by atoms with Crippen LogP contribution in [0.1, 0.15) is 32.6 Å². The second-order valence-electron chi connectivity index (χ2n) is 5.24. The van der Waals surface area contributed by atoms with Crippen molar-refractivity contribution in [2.24, 2.45) is 5.92 Å². The lowest BCUT2D eigenvalue weighted by atomic mass is 9.87. The summed E-state index contributed by atoms with van der Waals surface area (Å²) < 4.78 is 0. The molecule has 3 N–H and O–H groups in total. The zero-order valence-electron chi connectivity index (χ0n) is 11.5. The quantitative estimate of drug-likeness (QED) is 0.859. The minimum atomic E-state index is 0.327. The SMILES string of the molecule is CNc1cc(N(C)C2CCC(C)CC2)nc(N)n1. The Kier molecular flexibility index (Phi) is 3.89. The third-order valence-corrected chi connectivity index (χ3v) is 3.88. The van der Waals surface area contributed by atoms with Gasteiger partial charge in [0, 0.05) is 26.2 Å². The fraction of sp³-hybridized carbons (Fsp3) is 0.692. The van der Waals surface area contributed by atoms with Crippen molar-refractivity contribution >= 4 is 17.6 Å². The molecule has 0 radical (unpaired) electrons. The van der Waals surface area contributed by atoms with Gasteiger partial charge >= 0.3 is 0 Å². The summed E-state index contributed by atoms with van der Waals surface area (Å²) >= 11 is 0. The molecule has 0 aliphatic heterocycles. The molecular formula is C13H23N5. The third-order valence-electron chi connectivity index (χ3n) is 3.88. The van der Waals surface area contributed by atoms with Gasteiger partial charge in [-0.25, -0.2) is 0 Å². The molecule has 1 aromatic heterocycles. The molecule has 0 atom stereocenters. The number of hydrogen-bond donors (Lipinski definition) is 2. The molecule has 5 heteroatoms. The van der Waals surface area contributed by atoms with Crippen LogP contribution in [0, 0.1) is 5.92 Å². The Hall–Kier alpha value is -1.52. The lowest BCUT2D eigenvalue weighted by Gasteiger charge is -2.34. The lowest BCUT2D eigenvalue weighted by molar-refractivity contribution is 0.340. The van der Waals surface area contributed by atoms with Gasteiger partial charge in [-0.15, -0.1) is 0 Å². The summed E-state index contributed by atoms with van der Waals surface area (Å²) in [7, 11) is 3.94. The van der Waals surface area contributed by atoms with E-state index < -0.39 is 0 Å². The molecule has 1 aromatic rings. The predicted molar refractivity (Wildman–Crippen MR) is 75.8 cm³/mol. The van der Waals surface area contributed by atoms with Crippen molar-refractivity contribution in [1.82, 2.24) is 9.97 Å². The van der Waals surface area contributed by atoms with Gasteiger partial charge in [0.15, 0.2) is 0 Å². The molecule has 2 rings (SSSR count). The van der Waals surface area contributed by atoms with Gasteiger partial charge in [-0.05, 0) is 31.6 Å². The zero-order chi connectivity index (χ0) is 13.1. The second kappa shape index (κ2) is 5.42. The average Bonchev–Trinajstić information content (AvgIpc) is 2.38. The van der Waals surface area contributed by atoms with Crippen molar-refractivity contribution in [3.8, 4) is 0 Å². The molecule has 0 bridgehead atoms. The molecule has 1 heterocycles. The van der Waals surface area contributed by atoms with Crippen molar-refractivity contribution in [1.29, 1.82) is 0 Å². The molecule has 100 valence electrons. The van der Waals surface area contributed by atoms with E-state index in [0.717, 1.165) is 17.6 Å². The minimum Gasteiger partial charge on any atom is -0.373 e. The first-order chi connectivity index (χ1) is 8.60. The largest absolute Gasteiger partial charge is 0.373 e.